The molecule has 1 aromatic heterocycles. The highest BCUT2D eigenvalue weighted by Crippen LogP contribution is 2.36. The van der Waals surface area contributed by atoms with Crippen molar-refractivity contribution in [1.82, 2.24) is 15.1 Å². The van der Waals surface area contributed by atoms with Crippen LogP contribution in [0.3, 0.4) is 0 Å². The minimum absolute atomic E-state index is 0.0111. The van der Waals surface area contributed by atoms with Gasteiger partial charge in [-0.1, -0.05) is 0 Å². The van der Waals surface area contributed by atoms with Gasteiger partial charge in [-0.3, -0.25) is 14.9 Å². The van der Waals surface area contributed by atoms with E-state index < -0.39 is 4.92 Å². The van der Waals surface area contributed by atoms with Crippen molar-refractivity contribution in [2.24, 2.45) is 0 Å². The Morgan fingerprint density at radius 1 is 1.12 bits per heavy atom. The SMILES string of the molecule is O=C(/C=C/c1ccc([N+](=O)[O-])cc1)N1CCCC(c2nnc(-c3ccc4c(c3)OCO4)o2)C1. The van der Waals surface area contributed by atoms with Gasteiger partial charge in [0.1, 0.15) is 0 Å². The average molecular weight is 448 g/mol. The van der Waals surface area contributed by atoms with Crippen molar-refractivity contribution in [3.63, 3.8) is 0 Å². The fourth-order valence-electron chi connectivity index (χ4n) is 3.90. The number of likely N-dealkylation sites (tertiary alicyclic amines) is 1. The van der Waals surface area contributed by atoms with Crippen molar-refractivity contribution in [3.05, 3.63) is 70.1 Å². The maximum atomic E-state index is 12.7. The maximum absolute atomic E-state index is 12.7. The lowest BCUT2D eigenvalue weighted by molar-refractivity contribution is -0.384. The molecular formula is C23H20N4O6. The first-order chi connectivity index (χ1) is 16.1. The van der Waals surface area contributed by atoms with E-state index in [0.29, 0.717) is 41.9 Å². The molecule has 3 heterocycles. The Hall–Kier alpha value is -4.21. The Kier molecular flexibility index (Phi) is 5.47. The number of hydrogen-bond acceptors (Lipinski definition) is 8. The largest absolute Gasteiger partial charge is 0.454 e. The summed E-state index contributed by atoms with van der Waals surface area (Å²) >= 11 is 0. The number of carbonyl (C=O) groups excluding carboxylic acids is 1. The van der Waals surface area contributed by atoms with E-state index in [-0.39, 0.29) is 24.3 Å². The number of ether oxygens (including phenoxy) is 2. The molecule has 0 spiro atoms. The van der Waals surface area contributed by atoms with Gasteiger partial charge >= 0.3 is 0 Å². The van der Waals surface area contributed by atoms with Crippen LogP contribution in [0.4, 0.5) is 5.69 Å². The fourth-order valence-corrected chi connectivity index (χ4v) is 3.90. The summed E-state index contributed by atoms with van der Waals surface area (Å²) in [5, 5.41) is 19.2. The molecule has 33 heavy (non-hydrogen) atoms. The zero-order chi connectivity index (χ0) is 22.8. The van der Waals surface area contributed by atoms with E-state index in [1.54, 1.807) is 35.2 Å². The highest BCUT2D eigenvalue weighted by Gasteiger charge is 2.28. The molecule has 1 amide bonds. The average Bonchev–Trinajstić information content (AvgIpc) is 3.52. The van der Waals surface area contributed by atoms with Crippen molar-refractivity contribution in [2.75, 3.05) is 19.9 Å². The van der Waals surface area contributed by atoms with Crippen LogP contribution in [0, 0.1) is 10.1 Å². The zero-order valence-corrected chi connectivity index (χ0v) is 17.5. The molecule has 1 atom stereocenters. The lowest BCUT2D eigenvalue weighted by Gasteiger charge is -2.30. The summed E-state index contributed by atoms with van der Waals surface area (Å²) < 4.78 is 16.7. The van der Waals surface area contributed by atoms with E-state index in [4.69, 9.17) is 13.9 Å². The number of hydrogen-bond donors (Lipinski definition) is 0. The molecule has 5 rings (SSSR count). The molecule has 168 valence electrons. The quantitative estimate of drug-likeness (QED) is 0.328. The van der Waals surface area contributed by atoms with Crippen LogP contribution in [0.15, 0.2) is 53.0 Å². The molecule has 0 saturated carbocycles. The first-order valence-electron chi connectivity index (χ1n) is 10.5. The summed E-state index contributed by atoms with van der Waals surface area (Å²) in [6, 6.07) is 11.5. The molecule has 2 aliphatic rings. The Balaban J connectivity index is 1.24. The van der Waals surface area contributed by atoms with Gasteiger partial charge in [0.15, 0.2) is 11.5 Å². The summed E-state index contributed by atoms with van der Waals surface area (Å²) in [7, 11) is 0. The van der Waals surface area contributed by atoms with Crippen LogP contribution in [0.5, 0.6) is 11.5 Å². The monoisotopic (exact) mass is 448 g/mol. The van der Waals surface area contributed by atoms with E-state index >= 15 is 0 Å². The standard InChI is InChI=1S/C23H20N4O6/c28-21(10-5-15-3-7-18(8-4-15)27(29)30)26-11-1-2-17(13-26)23-25-24-22(33-23)16-6-9-19-20(12-16)32-14-31-19/h3-10,12,17H,1-2,11,13-14H2/b10-5+. The van der Waals surface area contributed by atoms with E-state index in [1.807, 2.05) is 6.07 Å². The molecule has 0 bridgehead atoms. The van der Waals surface area contributed by atoms with Gasteiger partial charge < -0.3 is 18.8 Å². The Labute approximate surface area is 188 Å². The summed E-state index contributed by atoms with van der Waals surface area (Å²) in [6.07, 6.45) is 4.80. The topological polar surface area (TPSA) is 121 Å². The Morgan fingerprint density at radius 2 is 1.94 bits per heavy atom. The fraction of sp³-hybridized carbons (Fsp3) is 0.261. The van der Waals surface area contributed by atoms with E-state index in [9.17, 15) is 14.9 Å². The zero-order valence-electron chi connectivity index (χ0n) is 17.5. The number of fused-ring (bicyclic) bond motifs is 1. The van der Waals surface area contributed by atoms with Crippen LogP contribution in [0.25, 0.3) is 17.5 Å². The third kappa shape index (κ3) is 4.40. The van der Waals surface area contributed by atoms with Crippen molar-refractivity contribution >= 4 is 17.7 Å². The van der Waals surface area contributed by atoms with E-state index in [2.05, 4.69) is 10.2 Å². The Bertz CT molecular complexity index is 1220. The van der Waals surface area contributed by atoms with Gasteiger partial charge in [0.2, 0.25) is 24.5 Å². The molecule has 10 nitrogen and oxygen atoms in total. The molecule has 0 N–H and O–H groups in total. The number of nitrogens with zero attached hydrogens (tertiary/aromatic N) is 4. The van der Waals surface area contributed by atoms with Crippen LogP contribution < -0.4 is 9.47 Å². The number of rotatable bonds is 5. The second-order valence-corrected chi connectivity index (χ2v) is 7.82. The number of nitro benzene ring substituents is 1. The van der Waals surface area contributed by atoms with Crippen molar-refractivity contribution in [1.29, 1.82) is 0 Å². The third-order valence-corrected chi connectivity index (χ3v) is 5.66. The highest BCUT2D eigenvalue weighted by atomic mass is 16.7. The maximum Gasteiger partial charge on any atom is 0.269 e. The van der Waals surface area contributed by atoms with Gasteiger partial charge in [-0.25, -0.2) is 0 Å². The normalized spacial score (nSPS) is 17.5. The van der Waals surface area contributed by atoms with Gasteiger partial charge in [0.25, 0.3) is 5.69 Å². The summed E-state index contributed by atoms with van der Waals surface area (Å²) in [5.74, 6) is 2.03. The number of aromatic nitrogens is 2. The summed E-state index contributed by atoms with van der Waals surface area (Å²) in [5.41, 5.74) is 1.47. The van der Waals surface area contributed by atoms with E-state index in [0.717, 1.165) is 18.4 Å². The molecular weight excluding hydrogens is 428 g/mol. The highest BCUT2D eigenvalue weighted by molar-refractivity contribution is 5.91. The van der Waals surface area contributed by atoms with Gasteiger partial charge in [-0.05, 0) is 54.8 Å². The smallest absolute Gasteiger partial charge is 0.269 e. The molecule has 2 aliphatic heterocycles. The van der Waals surface area contributed by atoms with Crippen molar-refractivity contribution < 1.29 is 23.6 Å². The second-order valence-electron chi connectivity index (χ2n) is 7.82. The minimum Gasteiger partial charge on any atom is -0.454 e. The van der Waals surface area contributed by atoms with Gasteiger partial charge in [-0.2, -0.15) is 0 Å². The van der Waals surface area contributed by atoms with Crippen LogP contribution in [0.1, 0.15) is 30.2 Å². The molecule has 0 radical (unpaired) electrons. The number of amides is 1. The predicted octanol–water partition coefficient (Wildman–Crippen LogP) is 3.79. The molecule has 1 fully saturated rings. The molecule has 0 aliphatic carbocycles. The number of piperidine rings is 1. The molecule has 1 saturated heterocycles. The number of carbonyl (C=O) groups is 1. The van der Waals surface area contributed by atoms with Crippen molar-refractivity contribution in [3.8, 4) is 23.0 Å². The number of benzene rings is 2. The first kappa shape index (κ1) is 20.7. The number of non-ortho nitro benzene ring substituents is 1. The van der Waals surface area contributed by atoms with Crippen LogP contribution in [0.2, 0.25) is 0 Å². The van der Waals surface area contributed by atoms with Gasteiger partial charge in [0.05, 0.1) is 10.8 Å². The lowest BCUT2D eigenvalue weighted by atomic mass is 9.98. The van der Waals surface area contributed by atoms with Crippen molar-refractivity contribution in [2.45, 2.75) is 18.8 Å². The van der Waals surface area contributed by atoms with E-state index in [1.165, 1.54) is 18.2 Å². The Morgan fingerprint density at radius 3 is 2.76 bits per heavy atom. The summed E-state index contributed by atoms with van der Waals surface area (Å²) in [6.45, 7) is 1.31. The molecule has 3 aromatic rings. The predicted molar refractivity (Wildman–Crippen MR) is 117 cm³/mol. The first-order valence-corrected chi connectivity index (χ1v) is 10.5. The van der Waals surface area contributed by atoms with Crippen LogP contribution in [-0.2, 0) is 4.79 Å². The van der Waals surface area contributed by atoms with Gasteiger partial charge in [0, 0.05) is 36.9 Å². The molecule has 1 unspecified atom stereocenters. The lowest BCUT2D eigenvalue weighted by Crippen LogP contribution is -2.38. The van der Waals surface area contributed by atoms with Gasteiger partial charge in [-0.15, -0.1) is 10.2 Å². The molecule has 2 aromatic carbocycles. The summed E-state index contributed by atoms with van der Waals surface area (Å²) in [4.78, 5) is 24.7. The minimum atomic E-state index is -0.456. The third-order valence-electron chi connectivity index (χ3n) is 5.66. The number of nitro groups is 1. The second kappa shape index (κ2) is 8.73. The van der Waals surface area contributed by atoms with Crippen LogP contribution in [-0.4, -0.2) is 45.8 Å². The van der Waals surface area contributed by atoms with Crippen LogP contribution >= 0.6 is 0 Å². The molecule has 10 heteroatoms.